The van der Waals surface area contributed by atoms with E-state index in [4.69, 9.17) is 0 Å². The van der Waals surface area contributed by atoms with Gasteiger partial charge >= 0.3 is 0 Å². The summed E-state index contributed by atoms with van der Waals surface area (Å²) in [4.78, 5) is 0. The lowest BCUT2D eigenvalue weighted by Gasteiger charge is -2.06. The molecular weight excluding hydrogens is 210 g/mol. The normalized spacial score (nSPS) is 11.3. The second kappa shape index (κ2) is 8.26. The summed E-state index contributed by atoms with van der Waals surface area (Å²) in [6.45, 7) is 7.84. The molecule has 17 heavy (non-hydrogen) atoms. The molecule has 0 fully saturated rings. The first-order chi connectivity index (χ1) is 8.24. The average molecular weight is 237 g/mol. The number of nitrogens with zero attached hydrogens (tertiary/aromatic N) is 3. The molecule has 0 radical (unpaired) electrons. The molecule has 0 amide bonds. The Balaban J connectivity index is 2.25. The fourth-order valence-electron chi connectivity index (χ4n) is 2.03. The summed E-state index contributed by atoms with van der Waals surface area (Å²) >= 11 is 0. The maximum atomic E-state index is 4.17. The molecule has 1 rings (SSSR count). The number of hydrogen-bond acceptors (Lipinski definition) is 2. The summed E-state index contributed by atoms with van der Waals surface area (Å²) < 4.78 is 2.09. The van der Waals surface area contributed by atoms with E-state index < -0.39 is 0 Å². The Hall–Kier alpha value is -0.860. The smallest absolute Gasteiger partial charge is 0.0725 e. The molecule has 1 heterocycles. The van der Waals surface area contributed by atoms with Crippen molar-refractivity contribution in [2.45, 2.75) is 72.3 Å². The Labute approximate surface area is 106 Å². The first-order valence-corrected chi connectivity index (χ1v) is 7.11. The van der Waals surface area contributed by atoms with Crippen LogP contribution in [0, 0.1) is 5.92 Å². The third-order valence-corrected chi connectivity index (χ3v) is 3.14. The third-order valence-electron chi connectivity index (χ3n) is 3.14. The van der Waals surface area contributed by atoms with Gasteiger partial charge in [0.05, 0.1) is 11.9 Å². The van der Waals surface area contributed by atoms with Gasteiger partial charge in [0.15, 0.2) is 0 Å². The second-order valence-electron chi connectivity index (χ2n) is 5.30. The van der Waals surface area contributed by atoms with Crippen LogP contribution in [0.3, 0.4) is 0 Å². The zero-order valence-corrected chi connectivity index (χ0v) is 11.7. The van der Waals surface area contributed by atoms with Crippen LogP contribution in [0.25, 0.3) is 0 Å². The van der Waals surface area contributed by atoms with Crippen LogP contribution in [0.5, 0.6) is 0 Å². The quantitative estimate of drug-likeness (QED) is 0.611. The van der Waals surface area contributed by atoms with Gasteiger partial charge in [0, 0.05) is 6.54 Å². The molecule has 98 valence electrons. The van der Waals surface area contributed by atoms with Crippen molar-refractivity contribution in [1.29, 1.82) is 0 Å². The van der Waals surface area contributed by atoms with E-state index in [2.05, 4.69) is 35.8 Å². The highest BCUT2D eigenvalue weighted by atomic mass is 15.4. The predicted molar refractivity (Wildman–Crippen MR) is 71.9 cm³/mol. The van der Waals surface area contributed by atoms with Gasteiger partial charge in [-0.15, -0.1) is 5.10 Å². The Morgan fingerprint density at radius 3 is 2.71 bits per heavy atom. The SMILES string of the molecule is CCCCCn1nncc1CCCCC(C)C. The van der Waals surface area contributed by atoms with Crippen molar-refractivity contribution in [2.24, 2.45) is 5.92 Å². The van der Waals surface area contributed by atoms with Gasteiger partial charge < -0.3 is 0 Å². The number of aromatic nitrogens is 3. The van der Waals surface area contributed by atoms with E-state index in [1.54, 1.807) is 0 Å². The van der Waals surface area contributed by atoms with Gasteiger partial charge in [-0.2, -0.15) is 0 Å². The summed E-state index contributed by atoms with van der Waals surface area (Å²) in [5.41, 5.74) is 1.31. The molecule has 0 aliphatic carbocycles. The minimum absolute atomic E-state index is 0.822. The van der Waals surface area contributed by atoms with E-state index in [1.807, 2.05) is 6.20 Å². The van der Waals surface area contributed by atoms with E-state index in [1.165, 1.54) is 44.2 Å². The molecule has 0 aliphatic rings. The van der Waals surface area contributed by atoms with E-state index >= 15 is 0 Å². The zero-order valence-electron chi connectivity index (χ0n) is 11.7. The highest BCUT2D eigenvalue weighted by Gasteiger charge is 2.03. The lowest BCUT2D eigenvalue weighted by atomic mass is 10.0. The van der Waals surface area contributed by atoms with Gasteiger partial charge in [0.1, 0.15) is 0 Å². The summed E-state index contributed by atoms with van der Waals surface area (Å²) in [5.74, 6) is 0.822. The van der Waals surface area contributed by atoms with Crippen molar-refractivity contribution in [3.05, 3.63) is 11.9 Å². The van der Waals surface area contributed by atoms with Crippen LogP contribution >= 0.6 is 0 Å². The molecular formula is C14H27N3. The molecule has 0 spiro atoms. The maximum Gasteiger partial charge on any atom is 0.0725 e. The number of unbranched alkanes of at least 4 members (excludes halogenated alkanes) is 3. The number of hydrogen-bond donors (Lipinski definition) is 0. The Morgan fingerprint density at radius 2 is 2.00 bits per heavy atom. The minimum Gasteiger partial charge on any atom is -0.249 e. The van der Waals surface area contributed by atoms with Crippen LogP contribution in [0.1, 0.15) is 65.0 Å². The number of rotatable bonds is 9. The van der Waals surface area contributed by atoms with E-state index in [0.29, 0.717) is 0 Å². The predicted octanol–water partition coefficient (Wildman–Crippen LogP) is 3.84. The van der Waals surface area contributed by atoms with Crippen molar-refractivity contribution in [2.75, 3.05) is 0 Å². The highest BCUT2D eigenvalue weighted by Crippen LogP contribution is 2.10. The van der Waals surface area contributed by atoms with Crippen molar-refractivity contribution >= 4 is 0 Å². The summed E-state index contributed by atoms with van der Waals surface area (Å²) in [6, 6.07) is 0. The lowest BCUT2D eigenvalue weighted by molar-refractivity contribution is 0.501. The van der Waals surface area contributed by atoms with E-state index in [0.717, 1.165) is 18.9 Å². The van der Waals surface area contributed by atoms with Crippen LogP contribution in [0.2, 0.25) is 0 Å². The van der Waals surface area contributed by atoms with Crippen LogP contribution in [0.4, 0.5) is 0 Å². The molecule has 0 saturated heterocycles. The topological polar surface area (TPSA) is 30.7 Å². The first-order valence-electron chi connectivity index (χ1n) is 7.11. The molecule has 3 heteroatoms. The average Bonchev–Trinajstić information content (AvgIpc) is 2.72. The largest absolute Gasteiger partial charge is 0.249 e. The van der Waals surface area contributed by atoms with Crippen molar-refractivity contribution in [3.8, 4) is 0 Å². The van der Waals surface area contributed by atoms with Crippen LogP contribution in [-0.2, 0) is 13.0 Å². The Morgan fingerprint density at radius 1 is 1.18 bits per heavy atom. The van der Waals surface area contributed by atoms with Gasteiger partial charge in [-0.25, -0.2) is 4.68 Å². The Kier molecular flexibility index (Phi) is 6.90. The molecule has 1 aromatic heterocycles. The molecule has 0 aromatic carbocycles. The minimum atomic E-state index is 0.822. The van der Waals surface area contributed by atoms with Gasteiger partial charge in [-0.3, -0.25) is 0 Å². The van der Waals surface area contributed by atoms with Crippen LogP contribution < -0.4 is 0 Å². The third kappa shape index (κ3) is 5.85. The summed E-state index contributed by atoms with van der Waals surface area (Å²) in [6.07, 6.45) is 10.7. The molecule has 0 atom stereocenters. The van der Waals surface area contributed by atoms with Crippen LogP contribution in [-0.4, -0.2) is 15.0 Å². The second-order valence-corrected chi connectivity index (χ2v) is 5.30. The van der Waals surface area contributed by atoms with Crippen molar-refractivity contribution in [3.63, 3.8) is 0 Å². The van der Waals surface area contributed by atoms with Gasteiger partial charge in [-0.1, -0.05) is 51.7 Å². The molecule has 0 unspecified atom stereocenters. The standard InChI is InChI=1S/C14H27N3/c1-4-5-8-11-17-14(12-15-16-17)10-7-6-9-13(2)3/h12-13H,4-11H2,1-3H3. The monoisotopic (exact) mass is 237 g/mol. The van der Waals surface area contributed by atoms with Gasteiger partial charge in [-0.05, 0) is 25.2 Å². The summed E-state index contributed by atoms with van der Waals surface area (Å²) in [5, 5.41) is 8.20. The van der Waals surface area contributed by atoms with Gasteiger partial charge in [0.25, 0.3) is 0 Å². The fraction of sp³-hybridized carbons (Fsp3) is 0.857. The van der Waals surface area contributed by atoms with Crippen LogP contribution in [0.15, 0.2) is 6.20 Å². The van der Waals surface area contributed by atoms with Crippen molar-refractivity contribution < 1.29 is 0 Å². The molecule has 0 bridgehead atoms. The van der Waals surface area contributed by atoms with Crippen molar-refractivity contribution in [1.82, 2.24) is 15.0 Å². The Bertz CT molecular complexity index is 291. The molecule has 0 aliphatic heterocycles. The molecule has 0 saturated carbocycles. The molecule has 0 N–H and O–H groups in total. The lowest BCUT2D eigenvalue weighted by Crippen LogP contribution is -2.05. The first kappa shape index (κ1) is 14.2. The van der Waals surface area contributed by atoms with Gasteiger partial charge in [0.2, 0.25) is 0 Å². The molecule has 1 aromatic rings. The van der Waals surface area contributed by atoms with E-state index in [9.17, 15) is 0 Å². The zero-order chi connectivity index (χ0) is 12.5. The fourth-order valence-corrected chi connectivity index (χ4v) is 2.03. The summed E-state index contributed by atoms with van der Waals surface area (Å²) in [7, 11) is 0. The molecule has 3 nitrogen and oxygen atoms in total. The maximum absolute atomic E-state index is 4.17. The highest BCUT2D eigenvalue weighted by molar-refractivity contribution is 4.93. The number of aryl methyl sites for hydroxylation is 2. The van der Waals surface area contributed by atoms with E-state index in [-0.39, 0.29) is 0 Å².